The molecule has 0 aliphatic carbocycles. The van der Waals surface area contributed by atoms with Gasteiger partial charge >= 0.3 is 0 Å². The molecule has 1 N–H and O–H groups in total. The molecule has 0 amide bonds. The van der Waals surface area contributed by atoms with Crippen molar-refractivity contribution in [1.29, 1.82) is 0 Å². The van der Waals surface area contributed by atoms with Gasteiger partial charge in [0.1, 0.15) is 18.0 Å². The Hall–Kier alpha value is -3.28. The molecule has 0 aliphatic heterocycles. The highest BCUT2D eigenvalue weighted by Gasteiger charge is 2.10. The van der Waals surface area contributed by atoms with Crippen molar-refractivity contribution < 1.29 is 0 Å². The first-order valence-corrected chi connectivity index (χ1v) is 7.70. The van der Waals surface area contributed by atoms with Crippen LogP contribution in [0, 0.1) is 0 Å². The Labute approximate surface area is 139 Å². The molecule has 0 unspecified atom stereocenters. The number of nitrogens with zero attached hydrogens (tertiary/aromatic N) is 5. The van der Waals surface area contributed by atoms with Crippen molar-refractivity contribution >= 4 is 16.7 Å². The summed E-state index contributed by atoms with van der Waals surface area (Å²) in [4.78, 5) is 13.6. The van der Waals surface area contributed by atoms with Crippen LogP contribution >= 0.6 is 0 Å². The number of hydrogen-bond donors (Lipinski definition) is 1. The smallest absolute Gasteiger partial charge is 0.162 e. The summed E-state index contributed by atoms with van der Waals surface area (Å²) in [6.45, 7) is 0.547. The van der Waals surface area contributed by atoms with Crippen molar-refractivity contribution in [3.8, 4) is 11.4 Å². The highest BCUT2D eigenvalue weighted by atomic mass is 15.3. The number of nitrogens with one attached hydrogen (secondary N) is 1. The maximum atomic E-state index is 4.72. The van der Waals surface area contributed by atoms with E-state index in [4.69, 9.17) is 4.98 Å². The summed E-state index contributed by atoms with van der Waals surface area (Å²) >= 11 is 0. The topological polar surface area (TPSA) is 68.5 Å². The fraction of sp³-hybridized carbons (Fsp3) is 0.111. The molecule has 0 radical (unpaired) electrons. The SMILES string of the molecule is Cn1ncnc1CNc1nc(-c2ccccc2)nc2ccccc12. The van der Waals surface area contributed by atoms with Crippen molar-refractivity contribution in [2.45, 2.75) is 6.54 Å². The normalized spacial score (nSPS) is 10.9. The average molecular weight is 316 g/mol. The van der Waals surface area contributed by atoms with E-state index < -0.39 is 0 Å². The number of rotatable bonds is 4. The van der Waals surface area contributed by atoms with Crippen molar-refractivity contribution in [2.75, 3.05) is 5.32 Å². The molecule has 2 aromatic heterocycles. The van der Waals surface area contributed by atoms with Crippen LogP contribution in [-0.2, 0) is 13.6 Å². The predicted octanol–water partition coefficient (Wildman–Crippen LogP) is 3.04. The molecule has 4 rings (SSSR count). The van der Waals surface area contributed by atoms with E-state index in [2.05, 4.69) is 20.4 Å². The molecule has 6 nitrogen and oxygen atoms in total. The minimum absolute atomic E-state index is 0.547. The third kappa shape index (κ3) is 2.69. The summed E-state index contributed by atoms with van der Waals surface area (Å²) in [5.74, 6) is 2.34. The van der Waals surface area contributed by atoms with Gasteiger partial charge in [-0.05, 0) is 12.1 Å². The molecule has 0 bridgehead atoms. The van der Waals surface area contributed by atoms with Gasteiger partial charge in [-0.2, -0.15) is 5.10 Å². The molecule has 0 saturated carbocycles. The van der Waals surface area contributed by atoms with Crippen LogP contribution in [0.1, 0.15) is 5.82 Å². The predicted molar refractivity (Wildman–Crippen MR) is 93.3 cm³/mol. The molecule has 4 aromatic rings. The molecule has 0 atom stereocenters. The number of benzene rings is 2. The molecular weight excluding hydrogens is 300 g/mol. The van der Waals surface area contributed by atoms with E-state index in [1.165, 1.54) is 0 Å². The monoisotopic (exact) mass is 316 g/mol. The Morgan fingerprint density at radius 1 is 0.958 bits per heavy atom. The van der Waals surface area contributed by atoms with E-state index in [1.54, 1.807) is 11.0 Å². The van der Waals surface area contributed by atoms with Crippen LogP contribution in [0.4, 0.5) is 5.82 Å². The number of hydrogen-bond acceptors (Lipinski definition) is 5. The largest absolute Gasteiger partial charge is 0.362 e. The van der Waals surface area contributed by atoms with Crippen LogP contribution in [0.25, 0.3) is 22.3 Å². The van der Waals surface area contributed by atoms with Gasteiger partial charge in [-0.15, -0.1) is 0 Å². The van der Waals surface area contributed by atoms with Crippen LogP contribution < -0.4 is 5.32 Å². The van der Waals surface area contributed by atoms with Gasteiger partial charge in [0.25, 0.3) is 0 Å². The summed E-state index contributed by atoms with van der Waals surface area (Å²) in [6, 6.07) is 18.0. The minimum atomic E-state index is 0.547. The van der Waals surface area contributed by atoms with Crippen molar-refractivity contribution in [1.82, 2.24) is 24.7 Å². The zero-order valence-electron chi connectivity index (χ0n) is 13.2. The molecule has 118 valence electrons. The standard InChI is InChI=1S/C18H16N6/c1-24-16(20-12-21-24)11-19-18-14-9-5-6-10-15(14)22-17(23-18)13-7-3-2-4-8-13/h2-10,12H,11H2,1H3,(H,19,22,23). The Bertz CT molecular complexity index is 977. The quantitative estimate of drug-likeness (QED) is 0.627. The Morgan fingerprint density at radius 3 is 2.54 bits per heavy atom. The van der Waals surface area contributed by atoms with E-state index in [0.717, 1.165) is 28.1 Å². The summed E-state index contributed by atoms with van der Waals surface area (Å²) in [6.07, 6.45) is 1.55. The molecule has 24 heavy (non-hydrogen) atoms. The fourth-order valence-electron chi connectivity index (χ4n) is 2.57. The number of aromatic nitrogens is 5. The van der Waals surface area contributed by atoms with E-state index >= 15 is 0 Å². The van der Waals surface area contributed by atoms with E-state index in [0.29, 0.717) is 12.4 Å². The van der Waals surface area contributed by atoms with Crippen LogP contribution in [0.15, 0.2) is 60.9 Å². The second-order valence-electron chi connectivity index (χ2n) is 5.43. The van der Waals surface area contributed by atoms with E-state index in [9.17, 15) is 0 Å². The summed E-state index contributed by atoms with van der Waals surface area (Å²) < 4.78 is 1.74. The van der Waals surface area contributed by atoms with Gasteiger partial charge in [-0.25, -0.2) is 15.0 Å². The van der Waals surface area contributed by atoms with Gasteiger partial charge in [0, 0.05) is 18.0 Å². The van der Waals surface area contributed by atoms with Crippen molar-refractivity contribution in [3.05, 3.63) is 66.7 Å². The minimum Gasteiger partial charge on any atom is -0.362 e. The summed E-state index contributed by atoms with van der Waals surface area (Å²) in [5, 5.41) is 8.44. The maximum Gasteiger partial charge on any atom is 0.162 e. The first-order valence-electron chi connectivity index (χ1n) is 7.70. The lowest BCUT2D eigenvalue weighted by atomic mass is 10.2. The second kappa shape index (κ2) is 6.08. The number of aryl methyl sites for hydroxylation is 1. The molecule has 0 spiro atoms. The van der Waals surface area contributed by atoms with Crippen LogP contribution in [-0.4, -0.2) is 24.7 Å². The van der Waals surface area contributed by atoms with Crippen LogP contribution in [0.3, 0.4) is 0 Å². The molecule has 0 saturated heterocycles. The Balaban J connectivity index is 1.76. The third-order valence-corrected chi connectivity index (χ3v) is 3.85. The lowest BCUT2D eigenvalue weighted by molar-refractivity contribution is 0.711. The number of anilines is 1. The molecule has 2 heterocycles. The van der Waals surface area contributed by atoms with Gasteiger partial charge in [0.05, 0.1) is 12.1 Å². The van der Waals surface area contributed by atoms with Crippen molar-refractivity contribution in [3.63, 3.8) is 0 Å². The van der Waals surface area contributed by atoms with Gasteiger partial charge in [0.2, 0.25) is 0 Å². The average Bonchev–Trinajstić information content (AvgIpc) is 3.05. The lowest BCUT2D eigenvalue weighted by Crippen LogP contribution is -2.09. The van der Waals surface area contributed by atoms with Crippen LogP contribution in [0.2, 0.25) is 0 Å². The first kappa shape index (κ1) is 14.3. The molecular formula is C18H16N6. The Kier molecular flexibility index (Phi) is 3.63. The number of para-hydroxylation sites is 1. The zero-order chi connectivity index (χ0) is 16.4. The van der Waals surface area contributed by atoms with Crippen molar-refractivity contribution in [2.24, 2.45) is 7.05 Å². The molecule has 6 heteroatoms. The first-order chi connectivity index (χ1) is 11.8. The highest BCUT2D eigenvalue weighted by molar-refractivity contribution is 5.90. The van der Waals surface area contributed by atoms with Gasteiger partial charge < -0.3 is 5.32 Å². The highest BCUT2D eigenvalue weighted by Crippen LogP contribution is 2.24. The lowest BCUT2D eigenvalue weighted by Gasteiger charge is -2.10. The molecule has 0 aliphatic rings. The Morgan fingerprint density at radius 2 is 1.75 bits per heavy atom. The third-order valence-electron chi connectivity index (χ3n) is 3.85. The van der Waals surface area contributed by atoms with Gasteiger partial charge in [-0.3, -0.25) is 4.68 Å². The molecule has 2 aromatic carbocycles. The van der Waals surface area contributed by atoms with Gasteiger partial charge in [0.15, 0.2) is 5.82 Å². The maximum absolute atomic E-state index is 4.72. The van der Waals surface area contributed by atoms with E-state index in [-0.39, 0.29) is 0 Å². The van der Waals surface area contributed by atoms with Gasteiger partial charge in [-0.1, -0.05) is 42.5 Å². The second-order valence-corrected chi connectivity index (χ2v) is 5.43. The summed E-state index contributed by atoms with van der Waals surface area (Å²) in [7, 11) is 1.87. The van der Waals surface area contributed by atoms with Crippen LogP contribution in [0.5, 0.6) is 0 Å². The molecule has 0 fully saturated rings. The summed E-state index contributed by atoms with van der Waals surface area (Å²) in [5.41, 5.74) is 1.90. The van der Waals surface area contributed by atoms with E-state index in [1.807, 2.05) is 61.6 Å². The fourth-order valence-corrected chi connectivity index (χ4v) is 2.57. The number of fused-ring (bicyclic) bond motifs is 1. The zero-order valence-corrected chi connectivity index (χ0v) is 13.2.